The second-order valence-corrected chi connectivity index (χ2v) is 3.64. The molecule has 0 fully saturated rings. The van der Waals surface area contributed by atoms with Crippen molar-refractivity contribution in [1.82, 2.24) is 4.98 Å². The molecular formula is C13H13FN2O2. The highest BCUT2D eigenvalue weighted by Crippen LogP contribution is 2.21. The number of nitrogens with zero attached hydrogens (tertiary/aromatic N) is 1. The van der Waals surface area contributed by atoms with Crippen molar-refractivity contribution in [1.29, 1.82) is 0 Å². The lowest BCUT2D eigenvalue weighted by Crippen LogP contribution is -2.00. The van der Waals surface area contributed by atoms with Crippen molar-refractivity contribution in [3.05, 3.63) is 47.9 Å². The van der Waals surface area contributed by atoms with Crippen LogP contribution in [0.3, 0.4) is 0 Å². The van der Waals surface area contributed by atoms with E-state index >= 15 is 0 Å². The summed E-state index contributed by atoms with van der Waals surface area (Å²) in [5.74, 6) is 0.581. The van der Waals surface area contributed by atoms with Gasteiger partial charge < -0.3 is 15.2 Å². The van der Waals surface area contributed by atoms with Crippen molar-refractivity contribution in [2.45, 2.75) is 6.61 Å². The SMILES string of the molecule is COc1ccc(COc2cccnc2N)cc1F. The lowest BCUT2D eigenvalue weighted by atomic mass is 10.2. The number of halogens is 1. The fourth-order valence-corrected chi connectivity index (χ4v) is 1.49. The average molecular weight is 248 g/mol. The van der Waals surface area contributed by atoms with Crippen LogP contribution in [-0.2, 0) is 6.61 Å². The molecular weight excluding hydrogens is 235 g/mol. The Labute approximate surface area is 104 Å². The van der Waals surface area contributed by atoms with Gasteiger partial charge >= 0.3 is 0 Å². The molecule has 0 saturated carbocycles. The second-order valence-electron chi connectivity index (χ2n) is 3.64. The number of rotatable bonds is 4. The predicted octanol–water partition coefficient (Wildman–Crippen LogP) is 2.39. The van der Waals surface area contributed by atoms with Gasteiger partial charge in [0.05, 0.1) is 7.11 Å². The molecule has 1 aromatic carbocycles. The summed E-state index contributed by atoms with van der Waals surface area (Å²) in [5, 5.41) is 0. The highest BCUT2D eigenvalue weighted by atomic mass is 19.1. The molecule has 4 nitrogen and oxygen atoms in total. The second kappa shape index (κ2) is 5.35. The molecule has 94 valence electrons. The van der Waals surface area contributed by atoms with Crippen molar-refractivity contribution in [2.24, 2.45) is 0 Å². The van der Waals surface area contributed by atoms with Crippen molar-refractivity contribution in [3.63, 3.8) is 0 Å². The van der Waals surface area contributed by atoms with Gasteiger partial charge in [-0.05, 0) is 29.8 Å². The van der Waals surface area contributed by atoms with E-state index < -0.39 is 5.82 Å². The van der Waals surface area contributed by atoms with E-state index in [-0.39, 0.29) is 12.4 Å². The van der Waals surface area contributed by atoms with Gasteiger partial charge in [-0.25, -0.2) is 9.37 Å². The van der Waals surface area contributed by atoms with E-state index in [9.17, 15) is 4.39 Å². The molecule has 0 amide bonds. The Morgan fingerprint density at radius 2 is 2.11 bits per heavy atom. The summed E-state index contributed by atoms with van der Waals surface area (Å²) in [6.45, 7) is 0.219. The first-order valence-electron chi connectivity index (χ1n) is 5.36. The Morgan fingerprint density at radius 3 is 2.78 bits per heavy atom. The molecule has 1 aromatic heterocycles. The summed E-state index contributed by atoms with van der Waals surface area (Å²) < 4.78 is 23.7. The third kappa shape index (κ3) is 2.68. The summed E-state index contributed by atoms with van der Waals surface area (Å²) in [6, 6.07) is 8.09. The number of nitrogen functional groups attached to an aromatic ring is 1. The van der Waals surface area contributed by atoms with Crippen LogP contribution in [0.15, 0.2) is 36.5 Å². The average Bonchev–Trinajstić information content (AvgIpc) is 2.38. The molecule has 0 spiro atoms. The van der Waals surface area contributed by atoms with Gasteiger partial charge in [-0.15, -0.1) is 0 Å². The fourth-order valence-electron chi connectivity index (χ4n) is 1.49. The van der Waals surface area contributed by atoms with Crippen LogP contribution in [0.2, 0.25) is 0 Å². The van der Waals surface area contributed by atoms with E-state index in [1.165, 1.54) is 13.2 Å². The highest BCUT2D eigenvalue weighted by Gasteiger charge is 2.05. The maximum absolute atomic E-state index is 13.4. The van der Waals surface area contributed by atoms with E-state index in [0.717, 1.165) is 0 Å². The number of pyridine rings is 1. The zero-order valence-electron chi connectivity index (χ0n) is 9.89. The molecule has 2 rings (SSSR count). The van der Waals surface area contributed by atoms with Gasteiger partial charge in [0.2, 0.25) is 0 Å². The summed E-state index contributed by atoms with van der Waals surface area (Å²) in [4.78, 5) is 3.90. The van der Waals surface area contributed by atoms with E-state index in [2.05, 4.69) is 4.98 Å². The zero-order valence-corrected chi connectivity index (χ0v) is 9.89. The van der Waals surface area contributed by atoms with Gasteiger partial charge in [-0.2, -0.15) is 0 Å². The summed E-state index contributed by atoms with van der Waals surface area (Å²) in [7, 11) is 1.42. The number of methoxy groups -OCH3 is 1. The fraction of sp³-hybridized carbons (Fsp3) is 0.154. The standard InChI is InChI=1S/C13H13FN2O2/c1-17-11-5-4-9(7-10(11)14)8-18-12-3-2-6-16-13(12)15/h2-7H,8H2,1H3,(H2,15,16). The summed E-state index contributed by atoms with van der Waals surface area (Å²) >= 11 is 0. The van der Waals surface area contributed by atoms with Gasteiger partial charge in [0, 0.05) is 6.20 Å². The number of hydrogen-bond acceptors (Lipinski definition) is 4. The summed E-state index contributed by atoms with van der Waals surface area (Å²) in [5.41, 5.74) is 6.32. The van der Waals surface area contributed by atoms with Crippen LogP contribution in [0.1, 0.15) is 5.56 Å². The number of hydrogen-bond donors (Lipinski definition) is 1. The molecule has 1 heterocycles. The number of nitrogens with two attached hydrogens (primary N) is 1. The first-order chi connectivity index (χ1) is 8.70. The normalized spacial score (nSPS) is 10.1. The van der Waals surface area contributed by atoms with Crippen LogP contribution in [0, 0.1) is 5.82 Å². The third-order valence-electron chi connectivity index (χ3n) is 2.41. The van der Waals surface area contributed by atoms with Gasteiger partial charge in [-0.1, -0.05) is 6.07 Å². The smallest absolute Gasteiger partial charge is 0.166 e. The van der Waals surface area contributed by atoms with Gasteiger partial charge in [0.1, 0.15) is 6.61 Å². The first-order valence-corrected chi connectivity index (χ1v) is 5.36. The number of aromatic nitrogens is 1. The van der Waals surface area contributed by atoms with Crippen molar-refractivity contribution < 1.29 is 13.9 Å². The number of anilines is 1. The van der Waals surface area contributed by atoms with Crippen LogP contribution in [-0.4, -0.2) is 12.1 Å². The van der Waals surface area contributed by atoms with Crippen LogP contribution in [0.25, 0.3) is 0 Å². The minimum Gasteiger partial charge on any atom is -0.494 e. The minimum atomic E-state index is -0.419. The Bertz CT molecular complexity index is 546. The van der Waals surface area contributed by atoms with E-state index in [0.29, 0.717) is 17.1 Å². The molecule has 2 N–H and O–H groups in total. The van der Waals surface area contributed by atoms with Crippen molar-refractivity contribution >= 4 is 5.82 Å². The lowest BCUT2D eigenvalue weighted by molar-refractivity contribution is 0.305. The Balaban J connectivity index is 2.07. The van der Waals surface area contributed by atoms with Gasteiger partial charge in [-0.3, -0.25) is 0 Å². The van der Waals surface area contributed by atoms with Crippen LogP contribution in [0.4, 0.5) is 10.2 Å². The van der Waals surface area contributed by atoms with E-state index in [4.69, 9.17) is 15.2 Å². The Kier molecular flexibility index (Phi) is 3.62. The molecule has 0 saturated heterocycles. The molecule has 0 aliphatic heterocycles. The zero-order chi connectivity index (χ0) is 13.0. The van der Waals surface area contributed by atoms with E-state index in [1.807, 2.05) is 0 Å². The molecule has 0 atom stereocenters. The molecule has 0 bridgehead atoms. The number of ether oxygens (including phenoxy) is 2. The molecule has 0 unspecified atom stereocenters. The van der Waals surface area contributed by atoms with Gasteiger partial charge in [0.25, 0.3) is 0 Å². The molecule has 0 radical (unpaired) electrons. The quantitative estimate of drug-likeness (QED) is 0.902. The van der Waals surface area contributed by atoms with Crippen molar-refractivity contribution in [3.8, 4) is 11.5 Å². The highest BCUT2D eigenvalue weighted by molar-refractivity contribution is 5.44. The third-order valence-corrected chi connectivity index (χ3v) is 2.41. The van der Waals surface area contributed by atoms with Crippen LogP contribution in [0.5, 0.6) is 11.5 Å². The molecule has 5 heteroatoms. The first kappa shape index (κ1) is 12.2. The van der Waals surface area contributed by atoms with Crippen LogP contribution >= 0.6 is 0 Å². The number of benzene rings is 1. The van der Waals surface area contributed by atoms with Gasteiger partial charge in [0.15, 0.2) is 23.1 Å². The largest absolute Gasteiger partial charge is 0.494 e. The summed E-state index contributed by atoms with van der Waals surface area (Å²) in [6.07, 6.45) is 1.58. The maximum Gasteiger partial charge on any atom is 0.166 e. The predicted molar refractivity (Wildman–Crippen MR) is 65.9 cm³/mol. The minimum absolute atomic E-state index is 0.208. The lowest BCUT2D eigenvalue weighted by Gasteiger charge is -2.09. The van der Waals surface area contributed by atoms with Crippen molar-refractivity contribution in [2.75, 3.05) is 12.8 Å². The van der Waals surface area contributed by atoms with E-state index in [1.54, 1.807) is 30.5 Å². The molecule has 18 heavy (non-hydrogen) atoms. The maximum atomic E-state index is 13.4. The Morgan fingerprint density at radius 1 is 1.28 bits per heavy atom. The molecule has 0 aliphatic rings. The topological polar surface area (TPSA) is 57.4 Å². The Hall–Kier alpha value is -2.30. The molecule has 0 aliphatic carbocycles. The monoisotopic (exact) mass is 248 g/mol. The molecule has 2 aromatic rings. The van der Waals surface area contributed by atoms with Crippen LogP contribution < -0.4 is 15.2 Å².